The summed E-state index contributed by atoms with van der Waals surface area (Å²) >= 11 is 0. The first-order valence-corrected chi connectivity index (χ1v) is 7.46. The Morgan fingerprint density at radius 2 is 1.85 bits per heavy atom. The van der Waals surface area contributed by atoms with Crippen LogP contribution in [0.25, 0.3) is 10.9 Å². The molecule has 0 spiro atoms. The van der Waals surface area contributed by atoms with Crippen molar-refractivity contribution in [3.05, 3.63) is 42.1 Å². The number of nitrogens with zero attached hydrogens (tertiary/aromatic N) is 1. The fraction of sp³-hybridized carbons (Fsp3) is 0.500. The predicted octanol–water partition coefficient (Wildman–Crippen LogP) is 4.18. The van der Waals surface area contributed by atoms with E-state index in [0.29, 0.717) is 11.3 Å². The largest absolute Gasteiger partial charge is 0.327 e. The Labute approximate surface area is 122 Å². The standard InChI is InChI=1S/C18H26N2/c1-13(18(2,3)4)11-15(19)12-14-9-10-20-17-8-6-5-7-16(14)17/h5-10,13,15H,11-12,19H2,1-4H3. The third-order valence-electron chi connectivity index (χ3n) is 4.36. The summed E-state index contributed by atoms with van der Waals surface area (Å²) in [4.78, 5) is 4.41. The van der Waals surface area contributed by atoms with E-state index < -0.39 is 0 Å². The number of nitrogens with two attached hydrogens (primary N) is 1. The number of hydrogen-bond acceptors (Lipinski definition) is 2. The maximum Gasteiger partial charge on any atom is 0.0704 e. The first kappa shape index (κ1) is 15.0. The van der Waals surface area contributed by atoms with E-state index in [4.69, 9.17) is 5.73 Å². The highest BCUT2D eigenvalue weighted by molar-refractivity contribution is 5.81. The van der Waals surface area contributed by atoms with E-state index in [9.17, 15) is 0 Å². The highest BCUT2D eigenvalue weighted by Gasteiger charge is 2.22. The maximum absolute atomic E-state index is 6.37. The Morgan fingerprint density at radius 1 is 1.15 bits per heavy atom. The molecule has 2 atom stereocenters. The number of hydrogen-bond donors (Lipinski definition) is 1. The van der Waals surface area contributed by atoms with Crippen molar-refractivity contribution in [2.75, 3.05) is 0 Å². The average Bonchev–Trinajstić information content (AvgIpc) is 2.38. The number of benzene rings is 1. The number of rotatable bonds is 4. The minimum Gasteiger partial charge on any atom is -0.327 e. The van der Waals surface area contributed by atoms with Crippen LogP contribution in [-0.2, 0) is 6.42 Å². The molecule has 1 aromatic heterocycles. The van der Waals surface area contributed by atoms with Crippen molar-refractivity contribution in [3.8, 4) is 0 Å². The highest BCUT2D eigenvalue weighted by atomic mass is 14.7. The fourth-order valence-corrected chi connectivity index (χ4v) is 2.51. The van der Waals surface area contributed by atoms with Crippen LogP contribution in [0.2, 0.25) is 0 Å². The monoisotopic (exact) mass is 270 g/mol. The Hall–Kier alpha value is -1.41. The van der Waals surface area contributed by atoms with Crippen molar-refractivity contribution in [3.63, 3.8) is 0 Å². The lowest BCUT2D eigenvalue weighted by molar-refractivity contribution is 0.233. The number of aromatic nitrogens is 1. The molecule has 0 saturated carbocycles. The van der Waals surface area contributed by atoms with E-state index in [1.165, 1.54) is 10.9 Å². The molecule has 0 fully saturated rings. The zero-order chi connectivity index (χ0) is 14.8. The van der Waals surface area contributed by atoms with Crippen LogP contribution in [0.1, 0.15) is 39.7 Å². The Morgan fingerprint density at radius 3 is 2.55 bits per heavy atom. The number of para-hydroxylation sites is 1. The zero-order valence-electron chi connectivity index (χ0n) is 13.1. The van der Waals surface area contributed by atoms with Gasteiger partial charge in [-0.2, -0.15) is 0 Å². The van der Waals surface area contributed by atoms with Crippen molar-refractivity contribution in [2.45, 2.75) is 46.6 Å². The quantitative estimate of drug-likeness (QED) is 0.905. The Balaban J connectivity index is 2.12. The molecule has 0 radical (unpaired) electrons. The van der Waals surface area contributed by atoms with Gasteiger partial charge >= 0.3 is 0 Å². The summed E-state index contributed by atoms with van der Waals surface area (Å²) in [5, 5.41) is 1.23. The third kappa shape index (κ3) is 3.57. The molecule has 2 nitrogen and oxygen atoms in total. The van der Waals surface area contributed by atoms with Gasteiger partial charge in [-0.25, -0.2) is 0 Å². The Kier molecular flexibility index (Phi) is 4.44. The van der Waals surface area contributed by atoms with Gasteiger partial charge in [0.1, 0.15) is 0 Å². The van der Waals surface area contributed by atoms with Crippen LogP contribution in [0.15, 0.2) is 36.5 Å². The van der Waals surface area contributed by atoms with Gasteiger partial charge in [0.2, 0.25) is 0 Å². The highest BCUT2D eigenvalue weighted by Crippen LogP contribution is 2.29. The molecular formula is C18H26N2. The first-order chi connectivity index (χ1) is 9.38. The molecule has 108 valence electrons. The van der Waals surface area contributed by atoms with E-state index in [1.807, 2.05) is 12.3 Å². The van der Waals surface area contributed by atoms with Gasteiger partial charge in [0.05, 0.1) is 5.52 Å². The van der Waals surface area contributed by atoms with Crippen LogP contribution in [0.3, 0.4) is 0 Å². The van der Waals surface area contributed by atoms with Gasteiger partial charge in [0, 0.05) is 17.6 Å². The molecule has 0 saturated heterocycles. The van der Waals surface area contributed by atoms with Gasteiger partial charge in [0.15, 0.2) is 0 Å². The molecule has 2 unspecified atom stereocenters. The SMILES string of the molecule is CC(CC(N)Cc1ccnc2ccccc12)C(C)(C)C. The van der Waals surface area contributed by atoms with E-state index in [-0.39, 0.29) is 6.04 Å². The Bertz CT molecular complexity index is 564. The van der Waals surface area contributed by atoms with Crippen molar-refractivity contribution in [1.29, 1.82) is 0 Å². The minimum atomic E-state index is 0.204. The van der Waals surface area contributed by atoms with Gasteiger partial charge in [-0.3, -0.25) is 4.98 Å². The zero-order valence-corrected chi connectivity index (χ0v) is 13.1. The first-order valence-electron chi connectivity index (χ1n) is 7.46. The van der Waals surface area contributed by atoms with Gasteiger partial charge < -0.3 is 5.73 Å². The van der Waals surface area contributed by atoms with Crippen LogP contribution in [0.4, 0.5) is 0 Å². The second-order valence-electron chi connectivity index (χ2n) is 6.95. The van der Waals surface area contributed by atoms with E-state index in [1.54, 1.807) is 0 Å². The van der Waals surface area contributed by atoms with Crippen molar-refractivity contribution in [1.82, 2.24) is 4.98 Å². The summed E-state index contributed by atoms with van der Waals surface area (Å²) in [6.45, 7) is 9.15. The van der Waals surface area contributed by atoms with Crippen LogP contribution in [-0.4, -0.2) is 11.0 Å². The summed E-state index contributed by atoms with van der Waals surface area (Å²) < 4.78 is 0. The van der Waals surface area contributed by atoms with Gasteiger partial charge in [-0.15, -0.1) is 0 Å². The van der Waals surface area contributed by atoms with Crippen LogP contribution >= 0.6 is 0 Å². The second kappa shape index (κ2) is 5.92. The lowest BCUT2D eigenvalue weighted by atomic mass is 9.78. The van der Waals surface area contributed by atoms with E-state index in [2.05, 4.69) is 56.9 Å². The van der Waals surface area contributed by atoms with Crippen molar-refractivity contribution >= 4 is 10.9 Å². The summed E-state index contributed by atoms with van der Waals surface area (Å²) in [7, 11) is 0. The molecule has 0 amide bonds. The second-order valence-corrected chi connectivity index (χ2v) is 6.95. The van der Waals surface area contributed by atoms with Gasteiger partial charge in [-0.1, -0.05) is 45.9 Å². The fourth-order valence-electron chi connectivity index (χ4n) is 2.51. The summed E-state index contributed by atoms with van der Waals surface area (Å²) in [6.07, 6.45) is 3.86. The van der Waals surface area contributed by atoms with E-state index in [0.717, 1.165) is 18.4 Å². The van der Waals surface area contributed by atoms with Crippen LogP contribution in [0, 0.1) is 11.3 Å². The summed E-state index contributed by atoms with van der Waals surface area (Å²) in [5.74, 6) is 0.616. The molecule has 2 rings (SSSR count). The number of fused-ring (bicyclic) bond motifs is 1. The number of pyridine rings is 1. The summed E-state index contributed by atoms with van der Waals surface area (Å²) in [6, 6.07) is 10.6. The molecule has 20 heavy (non-hydrogen) atoms. The summed E-state index contributed by atoms with van der Waals surface area (Å²) in [5.41, 5.74) is 9.06. The van der Waals surface area contributed by atoms with E-state index >= 15 is 0 Å². The minimum absolute atomic E-state index is 0.204. The molecule has 0 aliphatic rings. The third-order valence-corrected chi connectivity index (χ3v) is 4.36. The van der Waals surface area contributed by atoms with Gasteiger partial charge in [-0.05, 0) is 41.9 Å². The molecule has 2 aromatic rings. The lowest BCUT2D eigenvalue weighted by Gasteiger charge is -2.29. The molecule has 1 heterocycles. The molecular weight excluding hydrogens is 244 g/mol. The smallest absolute Gasteiger partial charge is 0.0704 e. The maximum atomic E-state index is 6.37. The van der Waals surface area contributed by atoms with Crippen molar-refractivity contribution < 1.29 is 0 Å². The topological polar surface area (TPSA) is 38.9 Å². The molecule has 2 N–H and O–H groups in total. The molecule has 0 aliphatic heterocycles. The predicted molar refractivity (Wildman–Crippen MR) is 86.7 cm³/mol. The van der Waals surface area contributed by atoms with Crippen molar-refractivity contribution in [2.24, 2.45) is 17.1 Å². The van der Waals surface area contributed by atoms with Crippen LogP contribution < -0.4 is 5.73 Å². The van der Waals surface area contributed by atoms with Crippen LogP contribution in [0.5, 0.6) is 0 Å². The molecule has 2 heteroatoms. The normalized spacial score (nSPS) is 15.2. The molecule has 0 bridgehead atoms. The lowest BCUT2D eigenvalue weighted by Crippen LogP contribution is -2.30. The molecule has 0 aliphatic carbocycles. The molecule has 1 aromatic carbocycles. The van der Waals surface area contributed by atoms with Gasteiger partial charge in [0.25, 0.3) is 0 Å². The average molecular weight is 270 g/mol.